The number of nitrogens with zero attached hydrogens (tertiary/aromatic N) is 2. The van der Waals surface area contributed by atoms with Gasteiger partial charge in [0.2, 0.25) is 0 Å². The minimum Gasteiger partial charge on any atom is -0.493 e. The Kier molecular flexibility index (Phi) is 7.26. The molecule has 0 aliphatic heterocycles. The van der Waals surface area contributed by atoms with Gasteiger partial charge in [0, 0.05) is 35.2 Å². The standard InChI is InChI=1S/C20H19FN4O3S2/c1-2-28-18-8-4-7-16(21)15(18)9-10-22-19(29)24-20-23-17(12-30-20)13-5-3-6-14(11-13)25(26)27/h3-8,11-12H,2,9-10H2,1H3,(H2,22,23,24,29). The molecule has 0 bridgehead atoms. The van der Waals surface area contributed by atoms with Crippen LogP contribution in [0.4, 0.5) is 15.2 Å². The van der Waals surface area contributed by atoms with Gasteiger partial charge in [0.25, 0.3) is 5.69 Å². The van der Waals surface area contributed by atoms with Crippen molar-refractivity contribution in [2.75, 3.05) is 18.5 Å². The summed E-state index contributed by atoms with van der Waals surface area (Å²) in [6, 6.07) is 11.0. The molecular weight excluding hydrogens is 427 g/mol. The third kappa shape index (κ3) is 5.49. The largest absolute Gasteiger partial charge is 0.493 e. The Labute approximate surface area is 182 Å². The fraction of sp³-hybridized carbons (Fsp3) is 0.200. The molecule has 0 unspecified atom stereocenters. The van der Waals surface area contributed by atoms with E-state index in [1.165, 1.54) is 29.5 Å². The summed E-state index contributed by atoms with van der Waals surface area (Å²) < 4.78 is 19.6. The molecule has 0 amide bonds. The number of nitro groups is 1. The van der Waals surface area contributed by atoms with E-state index in [2.05, 4.69) is 15.6 Å². The molecule has 1 aromatic heterocycles. The normalized spacial score (nSPS) is 10.5. The quantitative estimate of drug-likeness (QED) is 0.292. The molecule has 7 nitrogen and oxygen atoms in total. The van der Waals surface area contributed by atoms with E-state index in [1.54, 1.807) is 29.6 Å². The van der Waals surface area contributed by atoms with Gasteiger partial charge in [-0.1, -0.05) is 18.2 Å². The van der Waals surface area contributed by atoms with E-state index in [4.69, 9.17) is 17.0 Å². The fourth-order valence-electron chi connectivity index (χ4n) is 2.76. The Hall–Kier alpha value is -3.11. The van der Waals surface area contributed by atoms with Gasteiger partial charge in [0.15, 0.2) is 10.2 Å². The predicted molar refractivity (Wildman–Crippen MR) is 120 cm³/mol. The van der Waals surface area contributed by atoms with E-state index >= 15 is 0 Å². The number of rotatable bonds is 8. The van der Waals surface area contributed by atoms with Crippen LogP contribution in [0.5, 0.6) is 5.75 Å². The third-order valence-electron chi connectivity index (χ3n) is 4.11. The Morgan fingerprint density at radius 2 is 2.13 bits per heavy atom. The number of thiazole rings is 1. The smallest absolute Gasteiger partial charge is 0.270 e. The van der Waals surface area contributed by atoms with Crippen LogP contribution in [0.15, 0.2) is 47.8 Å². The summed E-state index contributed by atoms with van der Waals surface area (Å²) in [6.07, 6.45) is 0.403. The lowest BCUT2D eigenvalue weighted by molar-refractivity contribution is -0.384. The van der Waals surface area contributed by atoms with E-state index < -0.39 is 4.92 Å². The molecule has 1 heterocycles. The summed E-state index contributed by atoms with van der Waals surface area (Å²) in [5.74, 6) is 0.211. The summed E-state index contributed by atoms with van der Waals surface area (Å²) in [5, 5.41) is 19.6. The maximum atomic E-state index is 14.1. The highest BCUT2D eigenvalue weighted by molar-refractivity contribution is 7.80. The van der Waals surface area contributed by atoms with Crippen molar-refractivity contribution in [1.82, 2.24) is 10.3 Å². The predicted octanol–water partition coefficient (Wildman–Crippen LogP) is 4.79. The van der Waals surface area contributed by atoms with Crippen molar-refractivity contribution < 1.29 is 14.1 Å². The molecular formula is C20H19FN4O3S2. The first-order valence-electron chi connectivity index (χ1n) is 9.13. The van der Waals surface area contributed by atoms with E-state index in [9.17, 15) is 14.5 Å². The number of ether oxygens (including phenoxy) is 1. The second kappa shape index (κ2) is 10.1. The van der Waals surface area contributed by atoms with E-state index in [0.29, 0.717) is 52.4 Å². The number of benzene rings is 2. The van der Waals surface area contributed by atoms with Crippen molar-refractivity contribution in [3.8, 4) is 17.0 Å². The average molecular weight is 447 g/mol. The molecule has 0 radical (unpaired) electrons. The lowest BCUT2D eigenvalue weighted by Gasteiger charge is -2.12. The van der Waals surface area contributed by atoms with Crippen molar-refractivity contribution >= 4 is 39.5 Å². The molecule has 3 aromatic rings. The van der Waals surface area contributed by atoms with Crippen LogP contribution in [-0.2, 0) is 6.42 Å². The minimum absolute atomic E-state index is 0.00626. The number of anilines is 1. The molecule has 2 aromatic carbocycles. The zero-order valence-electron chi connectivity index (χ0n) is 16.1. The van der Waals surface area contributed by atoms with Gasteiger partial charge in [-0.05, 0) is 37.7 Å². The monoisotopic (exact) mass is 446 g/mol. The van der Waals surface area contributed by atoms with Gasteiger partial charge in [-0.15, -0.1) is 11.3 Å². The molecule has 0 aliphatic carbocycles. The van der Waals surface area contributed by atoms with Crippen molar-refractivity contribution in [1.29, 1.82) is 0 Å². The number of nitrogens with one attached hydrogen (secondary N) is 2. The van der Waals surface area contributed by atoms with E-state index in [0.717, 1.165) is 0 Å². The highest BCUT2D eigenvalue weighted by Crippen LogP contribution is 2.27. The zero-order valence-corrected chi connectivity index (χ0v) is 17.7. The van der Waals surface area contributed by atoms with Gasteiger partial charge in [-0.25, -0.2) is 9.37 Å². The highest BCUT2D eigenvalue weighted by Gasteiger charge is 2.12. The van der Waals surface area contributed by atoms with E-state index in [1.807, 2.05) is 6.92 Å². The molecule has 0 aliphatic rings. The summed E-state index contributed by atoms with van der Waals surface area (Å²) in [4.78, 5) is 14.9. The first kappa shape index (κ1) is 21.6. The Bertz CT molecular complexity index is 1060. The topological polar surface area (TPSA) is 89.3 Å². The summed E-state index contributed by atoms with van der Waals surface area (Å²) in [7, 11) is 0. The van der Waals surface area contributed by atoms with Crippen LogP contribution in [-0.4, -0.2) is 28.2 Å². The van der Waals surface area contributed by atoms with E-state index in [-0.39, 0.29) is 11.5 Å². The highest BCUT2D eigenvalue weighted by atomic mass is 32.1. The Morgan fingerprint density at radius 1 is 1.33 bits per heavy atom. The van der Waals surface area contributed by atoms with Crippen molar-refractivity contribution in [2.45, 2.75) is 13.3 Å². The molecule has 0 fully saturated rings. The molecule has 0 saturated heterocycles. The molecule has 10 heteroatoms. The van der Waals surface area contributed by atoms with Crippen molar-refractivity contribution in [3.05, 3.63) is 69.3 Å². The number of hydrogen-bond acceptors (Lipinski definition) is 6. The summed E-state index contributed by atoms with van der Waals surface area (Å²) in [6.45, 7) is 2.72. The van der Waals surface area contributed by atoms with Crippen LogP contribution in [0.3, 0.4) is 0 Å². The number of thiocarbonyl (C=S) groups is 1. The average Bonchev–Trinajstić information content (AvgIpc) is 3.19. The Morgan fingerprint density at radius 3 is 2.90 bits per heavy atom. The van der Waals surface area contributed by atoms with Gasteiger partial charge < -0.3 is 15.4 Å². The molecule has 30 heavy (non-hydrogen) atoms. The molecule has 0 spiro atoms. The maximum Gasteiger partial charge on any atom is 0.270 e. The number of nitro benzene ring substituents is 1. The zero-order chi connectivity index (χ0) is 21.5. The third-order valence-corrected chi connectivity index (χ3v) is 5.12. The van der Waals surface area contributed by atoms with Crippen LogP contribution in [0.25, 0.3) is 11.3 Å². The number of aromatic nitrogens is 1. The Balaban J connectivity index is 1.57. The molecule has 156 valence electrons. The minimum atomic E-state index is -0.444. The first-order valence-corrected chi connectivity index (χ1v) is 10.4. The molecule has 0 atom stereocenters. The number of non-ortho nitro benzene ring substituents is 1. The van der Waals surface area contributed by atoms with Crippen LogP contribution in [0.1, 0.15) is 12.5 Å². The van der Waals surface area contributed by atoms with Gasteiger partial charge in [-0.2, -0.15) is 0 Å². The van der Waals surface area contributed by atoms with Crippen LogP contribution in [0, 0.1) is 15.9 Å². The SMILES string of the molecule is CCOc1cccc(F)c1CCNC(=S)Nc1nc(-c2cccc([N+](=O)[O-])c2)cs1. The molecule has 2 N–H and O–H groups in total. The fourth-order valence-corrected chi connectivity index (χ4v) is 3.74. The summed E-state index contributed by atoms with van der Waals surface area (Å²) >= 11 is 6.61. The van der Waals surface area contributed by atoms with Gasteiger partial charge >= 0.3 is 0 Å². The van der Waals surface area contributed by atoms with Crippen LogP contribution >= 0.6 is 23.6 Å². The maximum absolute atomic E-state index is 14.1. The second-order valence-electron chi connectivity index (χ2n) is 6.13. The lowest BCUT2D eigenvalue weighted by atomic mass is 10.1. The van der Waals surface area contributed by atoms with Gasteiger partial charge in [0.1, 0.15) is 11.6 Å². The molecule has 3 rings (SSSR count). The van der Waals surface area contributed by atoms with Crippen molar-refractivity contribution in [3.63, 3.8) is 0 Å². The van der Waals surface area contributed by atoms with Gasteiger partial charge in [0.05, 0.1) is 17.2 Å². The molecule has 0 saturated carbocycles. The van der Waals surface area contributed by atoms with Crippen LogP contribution in [0.2, 0.25) is 0 Å². The number of halogens is 1. The van der Waals surface area contributed by atoms with Gasteiger partial charge in [-0.3, -0.25) is 10.1 Å². The first-order chi connectivity index (χ1) is 14.5. The number of hydrogen-bond donors (Lipinski definition) is 2. The summed E-state index contributed by atoms with van der Waals surface area (Å²) in [5.41, 5.74) is 1.76. The second-order valence-corrected chi connectivity index (χ2v) is 7.39. The lowest BCUT2D eigenvalue weighted by Crippen LogP contribution is -2.30. The van der Waals surface area contributed by atoms with Crippen molar-refractivity contribution in [2.24, 2.45) is 0 Å². The van der Waals surface area contributed by atoms with Crippen LogP contribution < -0.4 is 15.4 Å².